The van der Waals surface area contributed by atoms with Crippen molar-refractivity contribution in [3.05, 3.63) is 29.6 Å². The van der Waals surface area contributed by atoms with Crippen molar-refractivity contribution in [3.8, 4) is 5.75 Å². The van der Waals surface area contributed by atoms with E-state index < -0.39 is 11.8 Å². The van der Waals surface area contributed by atoms with E-state index in [9.17, 15) is 9.18 Å². The van der Waals surface area contributed by atoms with E-state index in [0.29, 0.717) is 12.8 Å². The highest BCUT2D eigenvalue weighted by Gasteiger charge is 2.11. The van der Waals surface area contributed by atoms with Gasteiger partial charge >= 0.3 is 5.97 Å². The Morgan fingerprint density at radius 3 is 2.75 bits per heavy atom. The first-order chi connectivity index (χ1) is 7.65. The highest BCUT2D eigenvalue weighted by molar-refractivity contribution is 5.90. The van der Waals surface area contributed by atoms with Crippen LogP contribution in [0.1, 0.15) is 23.2 Å². The summed E-state index contributed by atoms with van der Waals surface area (Å²) in [6.45, 7) is 0.308. The molecule has 5 heteroatoms. The average molecular weight is 228 g/mol. The molecule has 0 aromatic heterocycles. The van der Waals surface area contributed by atoms with Gasteiger partial charge in [-0.25, -0.2) is 9.18 Å². The molecule has 0 saturated carbocycles. The van der Waals surface area contributed by atoms with Gasteiger partial charge in [0.05, 0.1) is 6.61 Å². The Morgan fingerprint density at radius 1 is 1.38 bits per heavy atom. The standard InChI is InChI=1S/C11H13FO4/c12-8-3-4-9(11(14)15)10(7-8)16-6-2-1-5-13/h3-4,7,13H,1-2,5-6H2,(H,14,15). The summed E-state index contributed by atoms with van der Waals surface area (Å²) < 4.78 is 18.0. The van der Waals surface area contributed by atoms with E-state index in [1.807, 2.05) is 0 Å². The first-order valence-electron chi connectivity index (χ1n) is 4.91. The molecule has 1 rings (SSSR count). The normalized spacial score (nSPS) is 10.1. The van der Waals surface area contributed by atoms with Crippen LogP contribution in [0.4, 0.5) is 4.39 Å². The predicted octanol–water partition coefficient (Wildman–Crippen LogP) is 1.68. The zero-order valence-corrected chi connectivity index (χ0v) is 8.65. The number of halogens is 1. The topological polar surface area (TPSA) is 66.8 Å². The second kappa shape index (κ2) is 6.07. The van der Waals surface area contributed by atoms with Gasteiger partial charge in [0, 0.05) is 12.7 Å². The Morgan fingerprint density at radius 2 is 2.12 bits per heavy atom. The molecular weight excluding hydrogens is 215 g/mol. The highest BCUT2D eigenvalue weighted by atomic mass is 19.1. The summed E-state index contributed by atoms with van der Waals surface area (Å²) >= 11 is 0. The third kappa shape index (κ3) is 3.51. The van der Waals surface area contributed by atoms with Crippen LogP contribution in [-0.4, -0.2) is 29.4 Å². The molecule has 0 aliphatic heterocycles. The minimum atomic E-state index is -1.16. The molecule has 2 N–H and O–H groups in total. The summed E-state index contributed by atoms with van der Waals surface area (Å²) in [6, 6.07) is 3.28. The fourth-order valence-electron chi connectivity index (χ4n) is 1.19. The molecule has 0 heterocycles. The van der Waals surface area contributed by atoms with Crippen LogP contribution in [0.5, 0.6) is 5.75 Å². The van der Waals surface area contributed by atoms with Gasteiger partial charge < -0.3 is 14.9 Å². The molecule has 0 bridgehead atoms. The molecule has 0 fully saturated rings. The van der Waals surface area contributed by atoms with Crippen molar-refractivity contribution in [1.82, 2.24) is 0 Å². The lowest BCUT2D eigenvalue weighted by atomic mass is 10.2. The van der Waals surface area contributed by atoms with Crippen molar-refractivity contribution in [2.24, 2.45) is 0 Å². The Hall–Kier alpha value is -1.62. The Balaban J connectivity index is 2.68. The largest absolute Gasteiger partial charge is 0.493 e. The summed E-state index contributed by atoms with van der Waals surface area (Å²) in [5.74, 6) is -1.68. The summed E-state index contributed by atoms with van der Waals surface area (Å²) in [6.07, 6.45) is 1.16. The maximum absolute atomic E-state index is 12.9. The van der Waals surface area contributed by atoms with E-state index >= 15 is 0 Å². The third-order valence-corrected chi connectivity index (χ3v) is 1.98. The molecule has 1 aromatic carbocycles. The van der Waals surface area contributed by atoms with Gasteiger partial charge in [-0.05, 0) is 25.0 Å². The van der Waals surface area contributed by atoms with E-state index in [-0.39, 0.29) is 24.5 Å². The van der Waals surface area contributed by atoms with Gasteiger partial charge in [-0.15, -0.1) is 0 Å². The number of rotatable bonds is 6. The number of unbranched alkanes of at least 4 members (excludes halogenated alkanes) is 1. The van der Waals surface area contributed by atoms with E-state index in [0.717, 1.165) is 12.1 Å². The van der Waals surface area contributed by atoms with Gasteiger partial charge in [0.2, 0.25) is 0 Å². The first kappa shape index (κ1) is 12.4. The molecule has 88 valence electrons. The molecular formula is C11H13FO4. The Labute approximate surface area is 92.3 Å². The molecule has 0 amide bonds. The number of benzene rings is 1. The second-order valence-corrected chi connectivity index (χ2v) is 3.22. The molecule has 16 heavy (non-hydrogen) atoms. The van der Waals surface area contributed by atoms with Gasteiger partial charge in [-0.3, -0.25) is 0 Å². The van der Waals surface area contributed by atoms with Crippen molar-refractivity contribution < 1.29 is 24.1 Å². The number of hydrogen-bond donors (Lipinski definition) is 2. The van der Waals surface area contributed by atoms with Crippen molar-refractivity contribution >= 4 is 5.97 Å². The summed E-state index contributed by atoms with van der Waals surface area (Å²) in [5.41, 5.74) is -0.0644. The maximum Gasteiger partial charge on any atom is 0.339 e. The van der Waals surface area contributed by atoms with Gasteiger partial charge in [0.25, 0.3) is 0 Å². The molecule has 0 atom stereocenters. The summed E-state index contributed by atoms with van der Waals surface area (Å²) in [5, 5.41) is 17.4. The average Bonchev–Trinajstić information content (AvgIpc) is 2.24. The number of carboxylic acids is 1. The second-order valence-electron chi connectivity index (χ2n) is 3.22. The zero-order chi connectivity index (χ0) is 12.0. The molecule has 4 nitrogen and oxygen atoms in total. The number of carbonyl (C=O) groups is 1. The van der Waals surface area contributed by atoms with Crippen LogP contribution in [0.2, 0.25) is 0 Å². The zero-order valence-electron chi connectivity index (χ0n) is 8.65. The summed E-state index contributed by atoms with van der Waals surface area (Å²) in [4.78, 5) is 10.8. The number of ether oxygens (including phenoxy) is 1. The van der Waals surface area contributed by atoms with E-state index in [1.165, 1.54) is 6.07 Å². The van der Waals surface area contributed by atoms with Crippen molar-refractivity contribution in [2.45, 2.75) is 12.8 Å². The van der Waals surface area contributed by atoms with Gasteiger partial charge in [0.1, 0.15) is 17.1 Å². The number of aromatic carboxylic acids is 1. The lowest BCUT2D eigenvalue weighted by molar-refractivity contribution is 0.0692. The quantitative estimate of drug-likeness (QED) is 0.727. The van der Waals surface area contributed by atoms with Crippen LogP contribution in [-0.2, 0) is 0 Å². The van der Waals surface area contributed by atoms with Gasteiger partial charge in [0.15, 0.2) is 0 Å². The van der Waals surface area contributed by atoms with Crippen molar-refractivity contribution in [1.29, 1.82) is 0 Å². The van der Waals surface area contributed by atoms with Crippen LogP contribution in [0.15, 0.2) is 18.2 Å². The summed E-state index contributed by atoms with van der Waals surface area (Å²) in [7, 11) is 0. The Kier molecular flexibility index (Phi) is 4.72. The molecule has 0 aliphatic carbocycles. The van der Waals surface area contributed by atoms with E-state index in [1.54, 1.807) is 0 Å². The minimum Gasteiger partial charge on any atom is -0.493 e. The highest BCUT2D eigenvalue weighted by Crippen LogP contribution is 2.20. The molecule has 0 saturated heterocycles. The lowest BCUT2D eigenvalue weighted by Crippen LogP contribution is -2.05. The van der Waals surface area contributed by atoms with Crippen molar-refractivity contribution in [2.75, 3.05) is 13.2 Å². The number of carboxylic acid groups (broad SMARTS) is 1. The van der Waals surface area contributed by atoms with E-state index in [2.05, 4.69) is 0 Å². The molecule has 0 spiro atoms. The van der Waals surface area contributed by atoms with Crippen LogP contribution in [0.25, 0.3) is 0 Å². The maximum atomic E-state index is 12.9. The smallest absolute Gasteiger partial charge is 0.339 e. The third-order valence-electron chi connectivity index (χ3n) is 1.98. The number of aliphatic hydroxyl groups excluding tert-OH is 1. The number of aliphatic hydroxyl groups is 1. The fourth-order valence-corrected chi connectivity index (χ4v) is 1.19. The van der Waals surface area contributed by atoms with Crippen LogP contribution in [0, 0.1) is 5.82 Å². The van der Waals surface area contributed by atoms with Crippen LogP contribution < -0.4 is 4.74 Å². The Bertz CT molecular complexity index is 365. The SMILES string of the molecule is O=C(O)c1ccc(F)cc1OCCCCO. The minimum absolute atomic E-state index is 0.0189. The number of hydrogen-bond acceptors (Lipinski definition) is 3. The predicted molar refractivity (Wildman–Crippen MR) is 55.2 cm³/mol. The van der Waals surface area contributed by atoms with Crippen molar-refractivity contribution in [3.63, 3.8) is 0 Å². The first-order valence-corrected chi connectivity index (χ1v) is 4.91. The van der Waals surface area contributed by atoms with Crippen LogP contribution >= 0.6 is 0 Å². The van der Waals surface area contributed by atoms with Crippen LogP contribution in [0.3, 0.4) is 0 Å². The fraction of sp³-hybridized carbons (Fsp3) is 0.364. The van der Waals surface area contributed by atoms with Gasteiger partial charge in [-0.1, -0.05) is 0 Å². The molecule has 0 unspecified atom stereocenters. The molecule has 0 aliphatic rings. The molecule has 1 aromatic rings. The van der Waals surface area contributed by atoms with E-state index in [4.69, 9.17) is 14.9 Å². The lowest BCUT2D eigenvalue weighted by Gasteiger charge is -2.08. The van der Waals surface area contributed by atoms with Gasteiger partial charge in [-0.2, -0.15) is 0 Å². The molecule has 0 radical (unpaired) electrons. The monoisotopic (exact) mass is 228 g/mol.